The summed E-state index contributed by atoms with van der Waals surface area (Å²) < 4.78 is 5.46. The lowest BCUT2D eigenvalue weighted by atomic mass is 10.0. The lowest BCUT2D eigenvalue weighted by Crippen LogP contribution is -2.28. The van der Waals surface area contributed by atoms with Gasteiger partial charge in [-0.3, -0.25) is 9.59 Å². The number of hydrogen-bond acceptors (Lipinski definition) is 3. The third-order valence-electron chi connectivity index (χ3n) is 4.72. The molecule has 3 N–H and O–H groups in total. The van der Waals surface area contributed by atoms with Crippen LogP contribution in [0.3, 0.4) is 0 Å². The minimum absolute atomic E-state index is 0.0729. The van der Waals surface area contributed by atoms with Gasteiger partial charge in [-0.2, -0.15) is 0 Å². The number of ether oxygens (including phenoxy) is 1. The normalized spacial score (nSPS) is 13.5. The van der Waals surface area contributed by atoms with E-state index in [-0.39, 0.29) is 23.1 Å². The second kappa shape index (κ2) is 25.4. The van der Waals surface area contributed by atoms with Gasteiger partial charge in [-0.1, -0.05) is 95.8 Å². The van der Waals surface area contributed by atoms with Crippen molar-refractivity contribution in [1.29, 1.82) is 0 Å². The predicted octanol–water partition coefficient (Wildman–Crippen LogP) is 6.09. The van der Waals surface area contributed by atoms with Gasteiger partial charge in [0.25, 0.3) is 0 Å². The van der Waals surface area contributed by atoms with E-state index in [4.69, 9.17) is 10.5 Å². The fraction of sp³-hybridized carbons (Fsp3) is 0.500. The summed E-state index contributed by atoms with van der Waals surface area (Å²) in [7, 11) is 0. The van der Waals surface area contributed by atoms with Crippen molar-refractivity contribution >= 4 is 27.7 Å². The Morgan fingerprint density at radius 3 is 1.71 bits per heavy atom. The fourth-order valence-corrected chi connectivity index (χ4v) is 2.99. The molecule has 0 saturated heterocycles. The molecule has 5 nitrogen and oxygen atoms in total. The monoisotopic (exact) mass is 534 g/mol. The lowest BCUT2D eigenvalue weighted by Gasteiger charge is -2.11. The van der Waals surface area contributed by atoms with Gasteiger partial charge in [0.15, 0.2) is 0 Å². The molecule has 34 heavy (non-hydrogen) atoms. The van der Waals surface area contributed by atoms with Crippen LogP contribution in [0.25, 0.3) is 0 Å². The van der Waals surface area contributed by atoms with Crippen LogP contribution < -0.4 is 11.1 Å². The minimum atomic E-state index is -0.310. The highest BCUT2D eigenvalue weighted by Crippen LogP contribution is 2.09. The molecule has 0 aliphatic rings. The molecule has 0 saturated carbocycles. The summed E-state index contributed by atoms with van der Waals surface area (Å²) in [5.74, 6) is -0.617. The fourth-order valence-electron chi connectivity index (χ4n) is 2.80. The summed E-state index contributed by atoms with van der Waals surface area (Å²) in [6.45, 7) is 3.47. The van der Waals surface area contributed by atoms with E-state index in [0.717, 1.165) is 38.5 Å². The lowest BCUT2D eigenvalue weighted by molar-refractivity contribution is -0.122. The number of hydrogen-bond donors (Lipinski definition) is 2. The average molecular weight is 536 g/mol. The van der Waals surface area contributed by atoms with Gasteiger partial charge in [-0.05, 0) is 51.4 Å². The Hall–Kier alpha value is -2.18. The van der Waals surface area contributed by atoms with Crippen LogP contribution in [0.4, 0.5) is 0 Å². The molecule has 0 rings (SSSR count). The zero-order valence-corrected chi connectivity index (χ0v) is 22.3. The Kier molecular flexibility index (Phi) is 23.8. The van der Waals surface area contributed by atoms with Gasteiger partial charge in [-0.25, -0.2) is 0 Å². The van der Waals surface area contributed by atoms with Gasteiger partial charge in [0.1, 0.15) is 0 Å². The first-order valence-electron chi connectivity index (χ1n) is 12.2. The number of amides is 2. The molecular weight excluding hydrogens is 492 g/mol. The summed E-state index contributed by atoms with van der Waals surface area (Å²) in [5, 5.41) is 2.98. The first-order valence-corrected chi connectivity index (χ1v) is 13.3. The molecular formula is C28H43BrN2O3. The Morgan fingerprint density at radius 2 is 1.26 bits per heavy atom. The molecule has 0 aromatic carbocycles. The largest absolute Gasteiger partial charge is 0.380 e. The van der Waals surface area contributed by atoms with Crippen LogP contribution in [0.5, 0.6) is 0 Å². The van der Waals surface area contributed by atoms with Crippen LogP contribution >= 0.6 is 15.9 Å². The van der Waals surface area contributed by atoms with Crippen molar-refractivity contribution in [2.24, 2.45) is 11.7 Å². The zero-order chi connectivity index (χ0) is 25.1. The number of nitrogens with one attached hydrogen (secondary N) is 1. The van der Waals surface area contributed by atoms with Gasteiger partial charge >= 0.3 is 0 Å². The van der Waals surface area contributed by atoms with E-state index in [9.17, 15) is 9.59 Å². The molecule has 0 radical (unpaired) electrons. The topological polar surface area (TPSA) is 81.4 Å². The second-order valence-corrected chi connectivity index (χ2v) is 8.20. The summed E-state index contributed by atoms with van der Waals surface area (Å²) in [4.78, 5) is 22.7. The van der Waals surface area contributed by atoms with Crippen molar-refractivity contribution in [1.82, 2.24) is 5.32 Å². The highest BCUT2D eigenvalue weighted by Gasteiger charge is 2.13. The van der Waals surface area contributed by atoms with Crippen LogP contribution in [0.1, 0.15) is 58.3 Å². The van der Waals surface area contributed by atoms with Crippen molar-refractivity contribution in [2.45, 2.75) is 58.3 Å². The molecule has 0 fully saturated rings. The van der Waals surface area contributed by atoms with Crippen molar-refractivity contribution in [2.75, 3.05) is 25.1 Å². The predicted molar refractivity (Wildman–Crippen MR) is 148 cm³/mol. The van der Waals surface area contributed by atoms with Crippen molar-refractivity contribution in [3.8, 4) is 0 Å². The number of nitrogens with two attached hydrogens (primary N) is 1. The zero-order valence-electron chi connectivity index (χ0n) is 20.7. The van der Waals surface area contributed by atoms with Gasteiger partial charge in [0.05, 0.1) is 11.9 Å². The molecule has 1 atom stereocenters. The second-order valence-electron chi connectivity index (χ2n) is 7.63. The Bertz CT molecular complexity index is 694. The third kappa shape index (κ3) is 23.0. The molecule has 0 heterocycles. The first kappa shape index (κ1) is 31.8. The Labute approximate surface area is 215 Å². The molecule has 0 spiro atoms. The molecule has 2 amide bonds. The van der Waals surface area contributed by atoms with Crippen molar-refractivity contribution < 1.29 is 14.3 Å². The van der Waals surface area contributed by atoms with Crippen LogP contribution in [0.2, 0.25) is 0 Å². The number of alkyl halides is 1. The highest BCUT2D eigenvalue weighted by molar-refractivity contribution is 9.09. The molecule has 0 aliphatic carbocycles. The van der Waals surface area contributed by atoms with Gasteiger partial charge in [0, 0.05) is 19.1 Å². The maximum absolute atomic E-state index is 11.6. The van der Waals surface area contributed by atoms with E-state index in [1.807, 2.05) is 6.08 Å². The highest BCUT2D eigenvalue weighted by atomic mass is 79.9. The van der Waals surface area contributed by atoms with Gasteiger partial charge in [0.2, 0.25) is 11.8 Å². The molecule has 190 valence electrons. The molecule has 0 aliphatic heterocycles. The molecule has 0 bridgehead atoms. The summed E-state index contributed by atoms with van der Waals surface area (Å²) >= 11 is 3.08. The van der Waals surface area contributed by atoms with Crippen LogP contribution in [0, 0.1) is 5.92 Å². The summed E-state index contributed by atoms with van der Waals surface area (Å²) in [6.07, 6.45) is 32.9. The minimum Gasteiger partial charge on any atom is -0.380 e. The van der Waals surface area contributed by atoms with Crippen molar-refractivity contribution in [3.05, 3.63) is 72.9 Å². The third-order valence-corrected chi connectivity index (χ3v) is 5.23. The summed E-state index contributed by atoms with van der Waals surface area (Å²) in [6, 6.07) is 0. The van der Waals surface area contributed by atoms with Crippen LogP contribution in [-0.4, -0.2) is 36.9 Å². The smallest absolute Gasteiger partial charge is 0.230 e. The number of primary amides is 1. The standard InChI is InChI=1S/C28H43BrN2O3/c1-2-3-4-5-6-7-8-9-10-11-12-13-14-15-16-17-18-19-20-26(28(30)33)21-23-34-24-22-31-27(32)25-29/h3-4,6-7,9-10,12-13,15-16,18-19,26H,2,5,8,11,14,17,20-25H2,1H3,(H2,30,33)(H,31,32). The molecule has 0 aromatic rings. The van der Waals surface area contributed by atoms with E-state index >= 15 is 0 Å². The number of allylic oxidation sites excluding steroid dienone is 12. The van der Waals surface area contributed by atoms with Gasteiger partial charge < -0.3 is 15.8 Å². The van der Waals surface area contributed by atoms with Crippen molar-refractivity contribution in [3.63, 3.8) is 0 Å². The number of carbonyl (C=O) groups excluding carboxylic acids is 2. The van der Waals surface area contributed by atoms with E-state index < -0.39 is 0 Å². The maximum atomic E-state index is 11.6. The quantitative estimate of drug-likeness (QED) is 0.106. The van der Waals surface area contributed by atoms with Gasteiger partial charge in [-0.15, -0.1) is 0 Å². The summed E-state index contributed by atoms with van der Waals surface area (Å²) in [5.41, 5.74) is 5.49. The van der Waals surface area contributed by atoms with E-state index in [1.165, 1.54) is 0 Å². The maximum Gasteiger partial charge on any atom is 0.230 e. The average Bonchev–Trinajstić information content (AvgIpc) is 2.83. The van der Waals surface area contributed by atoms with E-state index in [1.54, 1.807) is 0 Å². The van der Waals surface area contributed by atoms with Crippen LogP contribution in [0.15, 0.2) is 72.9 Å². The first-order chi connectivity index (χ1) is 16.6. The number of rotatable bonds is 21. The Balaban J connectivity index is 3.82. The number of carbonyl (C=O) groups is 2. The molecule has 0 aromatic heterocycles. The Morgan fingerprint density at radius 1 is 0.794 bits per heavy atom. The SMILES string of the molecule is CCC=CCC=CCC=CCC=CCC=CCC=CCC(CCOCCNC(=O)CBr)C(N)=O. The van der Waals surface area contributed by atoms with Crippen LogP contribution in [-0.2, 0) is 14.3 Å². The van der Waals surface area contributed by atoms with E-state index in [0.29, 0.717) is 32.6 Å². The van der Waals surface area contributed by atoms with E-state index in [2.05, 4.69) is 95.0 Å². The molecule has 1 unspecified atom stereocenters. The number of halogens is 1. The molecule has 6 heteroatoms.